The SMILES string of the molecule is O=C(Oc1ccc([N+](=O)[O-])cc1)N1CC(=O)N2C[C@@H](c3c(O)ccc(Cl)c3Cl)C[C@H]2C1. The summed E-state index contributed by atoms with van der Waals surface area (Å²) >= 11 is 12.4. The van der Waals surface area contributed by atoms with Crippen LogP contribution in [0.2, 0.25) is 10.0 Å². The number of nitrogens with zero attached hydrogens (tertiary/aromatic N) is 3. The van der Waals surface area contributed by atoms with Crippen molar-refractivity contribution in [3.63, 3.8) is 0 Å². The summed E-state index contributed by atoms with van der Waals surface area (Å²) in [6, 6.07) is 7.82. The Morgan fingerprint density at radius 2 is 1.87 bits per heavy atom. The molecule has 0 aromatic heterocycles. The molecule has 1 N–H and O–H groups in total. The van der Waals surface area contributed by atoms with Crippen molar-refractivity contribution in [2.75, 3.05) is 19.6 Å². The van der Waals surface area contributed by atoms with Gasteiger partial charge in [0.25, 0.3) is 5.69 Å². The van der Waals surface area contributed by atoms with Gasteiger partial charge in [0.15, 0.2) is 0 Å². The number of carbonyl (C=O) groups is 2. The first-order valence-corrected chi connectivity index (χ1v) is 10.2. The first-order valence-electron chi connectivity index (χ1n) is 9.42. The zero-order chi connectivity index (χ0) is 22.3. The van der Waals surface area contributed by atoms with E-state index in [0.29, 0.717) is 23.6 Å². The number of non-ortho nitro benzene ring substituents is 1. The number of rotatable bonds is 3. The molecule has 2 fully saturated rings. The van der Waals surface area contributed by atoms with Crippen LogP contribution in [0.15, 0.2) is 36.4 Å². The van der Waals surface area contributed by atoms with E-state index in [1.807, 2.05) is 0 Å². The maximum Gasteiger partial charge on any atom is 0.415 e. The van der Waals surface area contributed by atoms with Crippen LogP contribution < -0.4 is 4.74 Å². The van der Waals surface area contributed by atoms with Crippen molar-refractivity contribution in [1.82, 2.24) is 9.80 Å². The molecule has 0 radical (unpaired) electrons. The van der Waals surface area contributed by atoms with Crippen LogP contribution in [0, 0.1) is 10.1 Å². The number of halogens is 2. The Morgan fingerprint density at radius 1 is 1.16 bits per heavy atom. The standard InChI is InChI=1S/C20H17Cl2N3O6/c21-15-5-6-16(26)18(19(15)22)11-7-13-9-23(10-17(27)24(13)8-11)20(28)31-14-3-1-12(2-4-14)25(29)30/h1-6,11,13,26H,7-10H2/t11-,13-/m0/s1. The van der Waals surface area contributed by atoms with Gasteiger partial charge < -0.3 is 14.7 Å². The molecule has 2 atom stereocenters. The number of carbonyl (C=O) groups excluding carboxylic acids is 2. The minimum Gasteiger partial charge on any atom is -0.508 e. The second-order valence-corrected chi connectivity index (χ2v) is 8.21. The fourth-order valence-corrected chi connectivity index (χ4v) is 4.54. The summed E-state index contributed by atoms with van der Waals surface area (Å²) in [6.45, 7) is 0.472. The molecule has 31 heavy (non-hydrogen) atoms. The predicted molar refractivity (Wildman–Crippen MR) is 112 cm³/mol. The first-order chi connectivity index (χ1) is 14.7. The smallest absolute Gasteiger partial charge is 0.415 e. The van der Waals surface area contributed by atoms with Gasteiger partial charge in [0.05, 0.1) is 21.0 Å². The Balaban J connectivity index is 1.46. The third-order valence-electron chi connectivity index (χ3n) is 5.52. The number of aromatic hydroxyl groups is 1. The molecule has 2 amide bonds. The van der Waals surface area contributed by atoms with Gasteiger partial charge in [0, 0.05) is 36.7 Å². The molecule has 0 saturated carbocycles. The highest BCUT2D eigenvalue weighted by molar-refractivity contribution is 6.42. The van der Waals surface area contributed by atoms with Crippen molar-refractivity contribution in [1.29, 1.82) is 0 Å². The lowest BCUT2D eigenvalue weighted by molar-refractivity contribution is -0.384. The predicted octanol–water partition coefficient (Wildman–Crippen LogP) is 3.81. The summed E-state index contributed by atoms with van der Waals surface area (Å²) < 4.78 is 5.27. The molecule has 2 aromatic carbocycles. The van der Waals surface area contributed by atoms with Crippen LogP contribution in [-0.2, 0) is 4.79 Å². The largest absolute Gasteiger partial charge is 0.508 e. The molecule has 0 unspecified atom stereocenters. The van der Waals surface area contributed by atoms with E-state index in [0.717, 1.165) is 0 Å². The van der Waals surface area contributed by atoms with Crippen molar-refractivity contribution in [3.8, 4) is 11.5 Å². The highest BCUT2D eigenvalue weighted by atomic mass is 35.5. The number of ether oxygens (including phenoxy) is 1. The molecule has 2 aliphatic heterocycles. The van der Waals surface area contributed by atoms with E-state index < -0.39 is 11.0 Å². The molecule has 2 saturated heterocycles. The van der Waals surface area contributed by atoms with E-state index in [1.165, 1.54) is 41.3 Å². The quantitative estimate of drug-likeness (QED) is 0.544. The third kappa shape index (κ3) is 4.11. The zero-order valence-corrected chi connectivity index (χ0v) is 17.5. The molecule has 11 heteroatoms. The van der Waals surface area contributed by atoms with E-state index in [-0.39, 0.29) is 53.2 Å². The number of nitro groups is 1. The molecular formula is C20H17Cl2N3O6. The average molecular weight is 466 g/mol. The number of benzene rings is 2. The highest BCUT2D eigenvalue weighted by Crippen LogP contribution is 2.43. The molecule has 2 aliphatic rings. The van der Waals surface area contributed by atoms with E-state index in [1.54, 1.807) is 4.90 Å². The van der Waals surface area contributed by atoms with Crippen LogP contribution in [0.3, 0.4) is 0 Å². The van der Waals surface area contributed by atoms with E-state index >= 15 is 0 Å². The number of nitro benzene ring substituents is 1. The van der Waals surface area contributed by atoms with Crippen molar-refractivity contribution >= 4 is 40.9 Å². The topological polar surface area (TPSA) is 113 Å². The number of hydrogen-bond acceptors (Lipinski definition) is 6. The Morgan fingerprint density at radius 3 is 2.55 bits per heavy atom. The van der Waals surface area contributed by atoms with Crippen molar-refractivity contribution < 1.29 is 24.4 Å². The van der Waals surface area contributed by atoms with Crippen molar-refractivity contribution in [2.24, 2.45) is 0 Å². The van der Waals surface area contributed by atoms with E-state index in [4.69, 9.17) is 27.9 Å². The lowest BCUT2D eigenvalue weighted by atomic mass is 9.95. The fourth-order valence-electron chi connectivity index (χ4n) is 4.06. The molecule has 2 heterocycles. The Hall–Kier alpha value is -3.04. The van der Waals surface area contributed by atoms with Gasteiger partial charge in [0.1, 0.15) is 18.0 Å². The number of hydrogen-bond donors (Lipinski definition) is 1. The maximum absolute atomic E-state index is 12.7. The Bertz CT molecular complexity index is 1060. The number of piperazine rings is 1. The summed E-state index contributed by atoms with van der Waals surface area (Å²) in [5.74, 6) is -0.297. The first kappa shape index (κ1) is 21.2. The molecule has 4 rings (SSSR count). The maximum atomic E-state index is 12.7. The molecule has 0 bridgehead atoms. The van der Waals surface area contributed by atoms with Crippen LogP contribution in [-0.4, -0.2) is 57.5 Å². The molecule has 0 spiro atoms. The fraction of sp³-hybridized carbons (Fsp3) is 0.300. The summed E-state index contributed by atoms with van der Waals surface area (Å²) in [5.41, 5.74) is 0.375. The van der Waals surface area contributed by atoms with Crippen LogP contribution in [0.25, 0.3) is 0 Å². The summed E-state index contributed by atoms with van der Waals surface area (Å²) in [6.07, 6.45) is -0.213. The lowest BCUT2D eigenvalue weighted by Gasteiger charge is -2.36. The number of fused-ring (bicyclic) bond motifs is 1. The Labute approximate surface area is 186 Å². The average Bonchev–Trinajstić information content (AvgIpc) is 3.16. The summed E-state index contributed by atoms with van der Waals surface area (Å²) in [4.78, 5) is 38.4. The lowest BCUT2D eigenvalue weighted by Crippen LogP contribution is -2.55. The summed E-state index contributed by atoms with van der Waals surface area (Å²) in [5, 5.41) is 21.6. The van der Waals surface area contributed by atoms with Gasteiger partial charge >= 0.3 is 6.09 Å². The molecular weight excluding hydrogens is 449 g/mol. The van der Waals surface area contributed by atoms with Gasteiger partial charge in [-0.1, -0.05) is 23.2 Å². The summed E-state index contributed by atoms with van der Waals surface area (Å²) in [7, 11) is 0. The van der Waals surface area contributed by atoms with Crippen molar-refractivity contribution in [2.45, 2.75) is 18.4 Å². The number of phenolic OH excluding ortho intramolecular Hbond substituents is 1. The van der Waals surface area contributed by atoms with Gasteiger partial charge in [-0.05, 0) is 30.7 Å². The molecule has 9 nitrogen and oxygen atoms in total. The highest BCUT2D eigenvalue weighted by Gasteiger charge is 2.43. The van der Waals surface area contributed by atoms with Crippen LogP contribution in [0.1, 0.15) is 17.9 Å². The van der Waals surface area contributed by atoms with Crippen LogP contribution in [0.4, 0.5) is 10.5 Å². The van der Waals surface area contributed by atoms with Gasteiger partial charge in [0.2, 0.25) is 5.91 Å². The second kappa shape index (κ2) is 8.24. The third-order valence-corrected chi connectivity index (χ3v) is 6.34. The number of phenols is 1. The monoisotopic (exact) mass is 465 g/mol. The van der Waals surface area contributed by atoms with Crippen LogP contribution in [0.5, 0.6) is 11.5 Å². The molecule has 2 aromatic rings. The second-order valence-electron chi connectivity index (χ2n) is 7.43. The van der Waals surface area contributed by atoms with Gasteiger partial charge in [-0.2, -0.15) is 0 Å². The molecule has 162 valence electrons. The van der Waals surface area contributed by atoms with E-state index in [2.05, 4.69) is 0 Å². The normalized spacial score (nSPS) is 20.5. The minimum absolute atomic E-state index is 0.0149. The number of amides is 2. The van der Waals surface area contributed by atoms with Crippen LogP contribution >= 0.6 is 23.2 Å². The molecule has 0 aliphatic carbocycles. The van der Waals surface area contributed by atoms with Crippen molar-refractivity contribution in [3.05, 3.63) is 62.1 Å². The Kier molecular flexibility index (Phi) is 5.63. The van der Waals surface area contributed by atoms with Gasteiger partial charge in [-0.25, -0.2) is 4.79 Å². The van der Waals surface area contributed by atoms with Gasteiger partial charge in [-0.3, -0.25) is 19.8 Å². The van der Waals surface area contributed by atoms with E-state index in [9.17, 15) is 24.8 Å². The zero-order valence-electron chi connectivity index (χ0n) is 16.0. The minimum atomic E-state index is -0.714. The van der Waals surface area contributed by atoms with Gasteiger partial charge in [-0.15, -0.1) is 0 Å².